The average molecular weight is 360 g/mol. The van der Waals surface area contributed by atoms with Crippen LogP contribution in [-0.4, -0.2) is 42.1 Å². The highest BCUT2D eigenvalue weighted by molar-refractivity contribution is 7.80. The summed E-state index contributed by atoms with van der Waals surface area (Å²) in [5.74, 6) is -0.222. The molecular weight excluding hydrogens is 333 g/mol. The molecule has 0 saturated carbocycles. The Morgan fingerprint density at radius 3 is 2.28 bits per heavy atom. The van der Waals surface area contributed by atoms with Gasteiger partial charge in [-0.15, -0.1) is 0 Å². The third kappa shape index (κ3) is 7.20. The van der Waals surface area contributed by atoms with Crippen LogP contribution in [-0.2, 0) is 13.1 Å². The van der Waals surface area contributed by atoms with Gasteiger partial charge in [0.15, 0.2) is 5.11 Å². The fraction of sp³-hybridized carbons (Fsp3) is 0.350. The maximum Gasteiger partial charge on any atom is 0.169 e. The second-order valence-electron chi connectivity index (χ2n) is 6.35. The highest BCUT2D eigenvalue weighted by atomic mass is 32.1. The van der Waals surface area contributed by atoms with Gasteiger partial charge in [0.25, 0.3) is 0 Å². The van der Waals surface area contributed by atoms with Crippen molar-refractivity contribution in [3.8, 4) is 0 Å². The molecule has 0 fully saturated rings. The van der Waals surface area contributed by atoms with E-state index in [9.17, 15) is 4.39 Å². The van der Waals surface area contributed by atoms with Crippen LogP contribution in [0.3, 0.4) is 0 Å². The predicted molar refractivity (Wildman–Crippen MR) is 106 cm³/mol. The minimum absolute atomic E-state index is 0.222. The Bertz CT molecular complexity index is 644. The molecule has 5 heteroatoms. The summed E-state index contributed by atoms with van der Waals surface area (Å²) in [6, 6.07) is 16.8. The molecule has 3 nitrogen and oxygen atoms in total. The zero-order valence-corrected chi connectivity index (χ0v) is 15.7. The van der Waals surface area contributed by atoms with Crippen molar-refractivity contribution >= 4 is 17.3 Å². The molecular formula is C20H26FN3S. The Morgan fingerprint density at radius 2 is 1.64 bits per heavy atom. The minimum Gasteiger partial charge on any atom is -0.358 e. The van der Waals surface area contributed by atoms with Gasteiger partial charge in [-0.3, -0.25) is 0 Å². The number of benzene rings is 2. The van der Waals surface area contributed by atoms with Crippen molar-refractivity contribution in [1.82, 2.24) is 15.1 Å². The highest BCUT2D eigenvalue weighted by Gasteiger charge is 2.10. The maximum atomic E-state index is 13.0. The molecule has 2 rings (SSSR count). The Kier molecular flexibility index (Phi) is 7.82. The van der Waals surface area contributed by atoms with E-state index in [0.29, 0.717) is 6.54 Å². The van der Waals surface area contributed by atoms with E-state index in [-0.39, 0.29) is 5.82 Å². The van der Waals surface area contributed by atoms with Gasteiger partial charge in [0.1, 0.15) is 5.82 Å². The van der Waals surface area contributed by atoms with E-state index in [1.165, 1.54) is 17.7 Å². The van der Waals surface area contributed by atoms with Gasteiger partial charge in [-0.05, 0) is 62.5 Å². The Balaban J connectivity index is 1.94. The Labute approximate surface area is 155 Å². The lowest BCUT2D eigenvalue weighted by Gasteiger charge is -2.27. The monoisotopic (exact) mass is 359 g/mol. The summed E-state index contributed by atoms with van der Waals surface area (Å²) < 4.78 is 13.0. The van der Waals surface area contributed by atoms with Gasteiger partial charge < -0.3 is 15.1 Å². The van der Waals surface area contributed by atoms with Crippen molar-refractivity contribution in [3.05, 3.63) is 71.5 Å². The first-order valence-electron chi connectivity index (χ1n) is 8.50. The van der Waals surface area contributed by atoms with E-state index >= 15 is 0 Å². The van der Waals surface area contributed by atoms with Crippen LogP contribution in [0.15, 0.2) is 54.6 Å². The molecule has 0 bridgehead atoms. The topological polar surface area (TPSA) is 18.5 Å². The lowest BCUT2D eigenvalue weighted by Crippen LogP contribution is -2.40. The lowest BCUT2D eigenvalue weighted by molar-refractivity contribution is 0.341. The van der Waals surface area contributed by atoms with Gasteiger partial charge in [0.2, 0.25) is 0 Å². The van der Waals surface area contributed by atoms with Crippen LogP contribution in [0.2, 0.25) is 0 Å². The molecule has 2 aromatic rings. The van der Waals surface area contributed by atoms with Crippen molar-refractivity contribution < 1.29 is 4.39 Å². The molecule has 0 atom stereocenters. The smallest absolute Gasteiger partial charge is 0.169 e. The molecule has 0 aliphatic carbocycles. The van der Waals surface area contributed by atoms with Crippen LogP contribution in [0.4, 0.5) is 4.39 Å². The summed E-state index contributed by atoms with van der Waals surface area (Å²) in [4.78, 5) is 4.37. The number of nitrogens with one attached hydrogen (secondary N) is 1. The predicted octanol–water partition coefficient (Wildman–Crippen LogP) is 3.65. The second kappa shape index (κ2) is 10.1. The van der Waals surface area contributed by atoms with Crippen LogP contribution in [0.1, 0.15) is 17.5 Å². The van der Waals surface area contributed by atoms with Crippen LogP contribution in [0.25, 0.3) is 0 Å². The molecule has 0 unspecified atom stereocenters. The fourth-order valence-electron chi connectivity index (χ4n) is 2.53. The number of nitrogens with zero attached hydrogens (tertiary/aromatic N) is 2. The standard InChI is InChI=1S/C20H26FN3S/c1-23(2)13-6-14-24(16-18-7-4-3-5-8-18)20(25)22-15-17-9-11-19(21)12-10-17/h3-5,7-12H,6,13-16H2,1-2H3,(H,22,25). The number of halogens is 1. The van der Waals surface area contributed by atoms with Gasteiger partial charge >= 0.3 is 0 Å². The molecule has 134 valence electrons. The molecule has 0 aromatic heterocycles. The van der Waals surface area contributed by atoms with Crippen molar-refractivity contribution in [2.24, 2.45) is 0 Å². The van der Waals surface area contributed by atoms with Crippen molar-refractivity contribution in [2.45, 2.75) is 19.5 Å². The quantitative estimate of drug-likeness (QED) is 0.725. The van der Waals surface area contributed by atoms with E-state index < -0.39 is 0 Å². The summed E-state index contributed by atoms with van der Waals surface area (Å²) in [5, 5.41) is 4.03. The second-order valence-corrected chi connectivity index (χ2v) is 6.74. The summed E-state index contributed by atoms with van der Waals surface area (Å²) in [7, 11) is 4.15. The normalized spacial score (nSPS) is 10.7. The number of hydrogen-bond donors (Lipinski definition) is 1. The molecule has 1 N–H and O–H groups in total. The first-order chi connectivity index (χ1) is 12.0. The first-order valence-corrected chi connectivity index (χ1v) is 8.91. The van der Waals surface area contributed by atoms with Gasteiger partial charge in [0, 0.05) is 19.6 Å². The highest BCUT2D eigenvalue weighted by Crippen LogP contribution is 2.07. The minimum atomic E-state index is -0.222. The molecule has 0 amide bonds. The Hall–Kier alpha value is -1.98. The molecule has 0 spiro atoms. The average Bonchev–Trinajstić information content (AvgIpc) is 2.61. The molecule has 0 aliphatic heterocycles. The van der Waals surface area contributed by atoms with Crippen LogP contribution < -0.4 is 5.32 Å². The van der Waals surface area contributed by atoms with Gasteiger partial charge in [0.05, 0.1) is 0 Å². The van der Waals surface area contributed by atoms with E-state index in [1.54, 1.807) is 12.1 Å². The van der Waals surface area contributed by atoms with E-state index in [0.717, 1.165) is 36.7 Å². The molecule has 0 saturated heterocycles. The Morgan fingerprint density at radius 1 is 0.960 bits per heavy atom. The summed E-state index contributed by atoms with van der Waals surface area (Å²) in [6.45, 7) is 3.29. The fourth-order valence-corrected chi connectivity index (χ4v) is 2.75. The van der Waals surface area contributed by atoms with Crippen molar-refractivity contribution in [3.63, 3.8) is 0 Å². The molecule has 2 aromatic carbocycles. The summed E-state index contributed by atoms with van der Waals surface area (Å²) >= 11 is 5.61. The third-order valence-electron chi connectivity index (χ3n) is 3.89. The third-order valence-corrected chi connectivity index (χ3v) is 4.30. The molecule has 25 heavy (non-hydrogen) atoms. The van der Waals surface area contributed by atoms with Crippen LogP contribution in [0.5, 0.6) is 0 Å². The van der Waals surface area contributed by atoms with Gasteiger partial charge in [-0.25, -0.2) is 4.39 Å². The maximum absolute atomic E-state index is 13.0. The van der Waals surface area contributed by atoms with Crippen LogP contribution in [0, 0.1) is 5.82 Å². The van der Waals surface area contributed by atoms with E-state index in [4.69, 9.17) is 12.2 Å². The SMILES string of the molecule is CN(C)CCCN(Cc1ccccc1)C(=S)NCc1ccc(F)cc1. The zero-order valence-electron chi connectivity index (χ0n) is 14.9. The van der Waals surface area contributed by atoms with E-state index in [2.05, 4.69) is 41.3 Å². The number of thiocarbonyl (C=S) groups is 1. The van der Waals surface area contributed by atoms with Gasteiger partial charge in [-0.2, -0.15) is 0 Å². The van der Waals surface area contributed by atoms with E-state index in [1.807, 2.05) is 18.2 Å². The molecule has 0 heterocycles. The summed E-state index contributed by atoms with van der Waals surface area (Å²) in [6.07, 6.45) is 1.04. The molecule has 0 aliphatic rings. The first kappa shape index (κ1) is 19.3. The lowest BCUT2D eigenvalue weighted by atomic mass is 10.2. The summed E-state index contributed by atoms with van der Waals surface area (Å²) in [5.41, 5.74) is 2.25. The number of rotatable bonds is 8. The largest absolute Gasteiger partial charge is 0.358 e. The molecule has 0 radical (unpaired) electrons. The number of hydrogen-bond acceptors (Lipinski definition) is 2. The van der Waals surface area contributed by atoms with Crippen LogP contribution >= 0.6 is 12.2 Å². The van der Waals surface area contributed by atoms with Crippen molar-refractivity contribution in [2.75, 3.05) is 27.2 Å². The van der Waals surface area contributed by atoms with Crippen molar-refractivity contribution in [1.29, 1.82) is 0 Å². The zero-order chi connectivity index (χ0) is 18.1. The van der Waals surface area contributed by atoms with Gasteiger partial charge in [-0.1, -0.05) is 42.5 Å².